The Bertz CT molecular complexity index is 935. The van der Waals surface area contributed by atoms with Crippen molar-refractivity contribution < 1.29 is 27.2 Å². The molecule has 3 rings (SSSR count). The molecule has 0 radical (unpaired) electrons. The summed E-state index contributed by atoms with van der Waals surface area (Å²) in [6.07, 6.45) is -3.17. The van der Waals surface area contributed by atoms with Gasteiger partial charge in [0.15, 0.2) is 5.76 Å². The molecule has 2 amide bonds. The van der Waals surface area contributed by atoms with E-state index in [0.29, 0.717) is 11.4 Å². The second kappa shape index (κ2) is 7.27. The van der Waals surface area contributed by atoms with Crippen molar-refractivity contribution in [3.63, 3.8) is 0 Å². The first-order valence-corrected chi connectivity index (χ1v) is 7.42. The summed E-state index contributed by atoms with van der Waals surface area (Å²) in [5.74, 6) is -1.89. The van der Waals surface area contributed by atoms with E-state index in [-0.39, 0.29) is 5.76 Å². The van der Waals surface area contributed by atoms with Gasteiger partial charge in [0.25, 0.3) is 17.6 Å². The molecule has 0 fully saturated rings. The third-order valence-electron chi connectivity index (χ3n) is 3.17. The Morgan fingerprint density at radius 2 is 1.85 bits per heavy atom. The largest absolute Gasteiger partial charge is 0.459 e. The van der Waals surface area contributed by atoms with Gasteiger partial charge >= 0.3 is 6.18 Å². The van der Waals surface area contributed by atoms with Crippen LogP contribution in [-0.4, -0.2) is 44.7 Å². The van der Waals surface area contributed by atoms with Gasteiger partial charge in [-0.2, -0.15) is 13.2 Å². The second-order valence-corrected chi connectivity index (χ2v) is 5.18. The lowest BCUT2D eigenvalue weighted by molar-refractivity contribution is -0.123. The Balaban J connectivity index is 1.64. The van der Waals surface area contributed by atoms with Crippen molar-refractivity contribution in [1.82, 2.24) is 25.5 Å². The number of aromatic nitrogens is 4. The van der Waals surface area contributed by atoms with Crippen molar-refractivity contribution in [3.05, 3.63) is 54.2 Å². The van der Waals surface area contributed by atoms with Crippen molar-refractivity contribution in [2.45, 2.75) is 6.18 Å². The SMILES string of the molecule is O=C(NCC(F)(F)F)c1nnn(-c2ccc(NC(=O)c3ccco3)cc2)n1. The highest BCUT2D eigenvalue weighted by atomic mass is 19.4. The minimum atomic E-state index is -4.54. The summed E-state index contributed by atoms with van der Waals surface area (Å²) in [7, 11) is 0. The monoisotopic (exact) mass is 380 g/mol. The van der Waals surface area contributed by atoms with Gasteiger partial charge in [-0.25, -0.2) is 0 Å². The van der Waals surface area contributed by atoms with E-state index in [0.717, 1.165) is 4.80 Å². The van der Waals surface area contributed by atoms with Gasteiger partial charge in [-0.05, 0) is 41.6 Å². The first-order chi connectivity index (χ1) is 12.8. The lowest BCUT2D eigenvalue weighted by atomic mass is 10.3. The molecular weight excluding hydrogens is 369 g/mol. The molecule has 2 N–H and O–H groups in total. The Morgan fingerprint density at radius 3 is 2.48 bits per heavy atom. The van der Waals surface area contributed by atoms with Crippen LogP contribution >= 0.6 is 0 Å². The number of rotatable bonds is 5. The molecule has 0 saturated carbocycles. The van der Waals surface area contributed by atoms with E-state index >= 15 is 0 Å². The highest BCUT2D eigenvalue weighted by molar-refractivity contribution is 6.02. The number of carbonyl (C=O) groups excluding carboxylic acids is 2. The molecule has 1 aromatic carbocycles. The average Bonchev–Trinajstić information content (AvgIpc) is 3.31. The third-order valence-corrected chi connectivity index (χ3v) is 3.17. The Labute approximate surface area is 149 Å². The number of tetrazole rings is 1. The topological polar surface area (TPSA) is 115 Å². The minimum Gasteiger partial charge on any atom is -0.459 e. The van der Waals surface area contributed by atoms with Crippen LogP contribution in [-0.2, 0) is 0 Å². The molecule has 0 atom stereocenters. The minimum absolute atomic E-state index is 0.145. The van der Waals surface area contributed by atoms with Crippen LogP contribution in [0.3, 0.4) is 0 Å². The molecule has 0 unspecified atom stereocenters. The maximum Gasteiger partial charge on any atom is 0.405 e. The summed E-state index contributed by atoms with van der Waals surface area (Å²) in [4.78, 5) is 24.4. The van der Waals surface area contributed by atoms with Crippen LogP contribution in [0.4, 0.5) is 18.9 Å². The van der Waals surface area contributed by atoms with E-state index in [4.69, 9.17) is 4.42 Å². The average molecular weight is 380 g/mol. The number of benzene rings is 1. The van der Waals surface area contributed by atoms with Crippen LogP contribution in [0, 0.1) is 0 Å². The van der Waals surface area contributed by atoms with Crippen molar-refractivity contribution in [2.75, 3.05) is 11.9 Å². The Morgan fingerprint density at radius 1 is 1.11 bits per heavy atom. The summed E-state index contributed by atoms with van der Waals surface area (Å²) in [6.45, 7) is -1.50. The lowest BCUT2D eigenvalue weighted by Gasteiger charge is -2.05. The zero-order chi connectivity index (χ0) is 19.4. The van der Waals surface area contributed by atoms with E-state index < -0.39 is 30.4 Å². The van der Waals surface area contributed by atoms with Gasteiger partial charge in [-0.3, -0.25) is 9.59 Å². The van der Waals surface area contributed by atoms with Crippen LogP contribution in [0.5, 0.6) is 0 Å². The second-order valence-electron chi connectivity index (χ2n) is 5.18. The number of anilines is 1. The number of amides is 2. The molecule has 0 bridgehead atoms. The van der Waals surface area contributed by atoms with Crippen molar-refractivity contribution in [2.24, 2.45) is 0 Å². The summed E-state index contributed by atoms with van der Waals surface area (Å²) in [5.41, 5.74) is 0.844. The lowest BCUT2D eigenvalue weighted by Crippen LogP contribution is -2.34. The molecule has 27 heavy (non-hydrogen) atoms. The maximum atomic E-state index is 12.1. The fraction of sp³-hybridized carbons (Fsp3) is 0.133. The van der Waals surface area contributed by atoms with E-state index in [1.54, 1.807) is 23.5 Å². The van der Waals surface area contributed by atoms with Crippen molar-refractivity contribution >= 4 is 17.5 Å². The summed E-state index contributed by atoms with van der Waals surface area (Å²) in [6, 6.07) is 9.23. The molecular formula is C15H11F3N6O3. The molecule has 0 aliphatic heterocycles. The first kappa shape index (κ1) is 18.1. The molecule has 12 heteroatoms. The molecule has 9 nitrogen and oxygen atoms in total. The molecule has 0 spiro atoms. The fourth-order valence-corrected chi connectivity index (χ4v) is 1.95. The van der Waals surface area contributed by atoms with Crippen LogP contribution in [0.15, 0.2) is 47.1 Å². The summed E-state index contributed by atoms with van der Waals surface area (Å²) < 4.78 is 41.3. The van der Waals surface area contributed by atoms with Crippen LogP contribution in [0.25, 0.3) is 5.69 Å². The van der Waals surface area contributed by atoms with Gasteiger partial charge < -0.3 is 15.1 Å². The number of carbonyl (C=O) groups is 2. The molecule has 0 saturated heterocycles. The number of hydrogen-bond donors (Lipinski definition) is 2. The smallest absolute Gasteiger partial charge is 0.405 e. The number of hydrogen-bond acceptors (Lipinski definition) is 6. The number of halogens is 3. The molecule has 2 heterocycles. The predicted molar refractivity (Wildman–Crippen MR) is 84.2 cm³/mol. The van der Waals surface area contributed by atoms with Gasteiger partial charge in [0.05, 0.1) is 12.0 Å². The molecule has 0 aliphatic rings. The quantitative estimate of drug-likeness (QED) is 0.698. The molecule has 3 aromatic rings. The molecule has 140 valence electrons. The standard InChI is InChI=1S/C15H11F3N6O3/c16-15(17,18)8-19-14(26)12-21-23-24(22-12)10-5-3-9(4-6-10)20-13(25)11-2-1-7-27-11/h1-7H,8H2,(H,19,26)(H,20,25). The van der Waals surface area contributed by atoms with Crippen LogP contribution < -0.4 is 10.6 Å². The predicted octanol–water partition coefficient (Wildman–Crippen LogP) is 1.80. The fourth-order valence-electron chi connectivity index (χ4n) is 1.95. The number of nitrogens with one attached hydrogen (secondary N) is 2. The van der Waals surface area contributed by atoms with E-state index in [1.165, 1.54) is 24.5 Å². The molecule has 0 aliphatic carbocycles. The van der Waals surface area contributed by atoms with Gasteiger partial charge in [-0.1, -0.05) is 0 Å². The van der Waals surface area contributed by atoms with Gasteiger partial charge in [0.2, 0.25) is 0 Å². The zero-order valence-corrected chi connectivity index (χ0v) is 13.4. The summed E-state index contributed by atoms with van der Waals surface area (Å²) in [5, 5.41) is 15.0. The molecule has 2 aromatic heterocycles. The maximum absolute atomic E-state index is 12.1. The normalized spacial score (nSPS) is 11.2. The number of nitrogens with zero attached hydrogens (tertiary/aromatic N) is 4. The van der Waals surface area contributed by atoms with Crippen LogP contribution in [0.2, 0.25) is 0 Å². The highest BCUT2D eigenvalue weighted by Gasteiger charge is 2.28. The Hall–Kier alpha value is -3.70. The van der Waals surface area contributed by atoms with Crippen LogP contribution in [0.1, 0.15) is 21.2 Å². The van der Waals surface area contributed by atoms with E-state index in [9.17, 15) is 22.8 Å². The Kier molecular flexibility index (Phi) is 4.88. The number of alkyl halides is 3. The highest BCUT2D eigenvalue weighted by Crippen LogP contribution is 2.14. The zero-order valence-electron chi connectivity index (χ0n) is 13.4. The van der Waals surface area contributed by atoms with Gasteiger partial charge in [0.1, 0.15) is 6.54 Å². The van der Waals surface area contributed by atoms with Gasteiger partial charge in [-0.15, -0.1) is 15.0 Å². The van der Waals surface area contributed by atoms with Gasteiger partial charge in [0, 0.05) is 5.69 Å². The van der Waals surface area contributed by atoms with Crippen molar-refractivity contribution in [3.8, 4) is 5.69 Å². The van der Waals surface area contributed by atoms with E-state index in [2.05, 4.69) is 20.7 Å². The number of furan rings is 1. The van der Waals surface area contributed by atoms with Crippen molar-refractivity contribution in [1.29, 1.82) is 0 Å². The third kappa shape index (κ3) is 4.68. The summed E-state index contributed by atoms with van der Waals surface area (Å²) >= 11 is 0. The van der Waals surface area contributed by atoms with E-state index in [1.807, 2.05) is 0 Å². The first-order valence-electron chi connectivity index (χ1n) is 7.42.